The molecular weight excluding hydrogens is 725 g/mol. The number of fused-ring (bicyclic) bond motifs is 5. The predicted molar refractivity (Wildman–Crippen MR) is 203 cm³/mol. The topological polar surface area (TPSA) is 171 Å². The molecule has 5 aliphatic rings. The number of esters is 1. The molecule has 2 aliphatic heterocycles. The van der Waals surface area contributed by atoms with E-state index in [1.54, 1.807) is 13.2 Å². The van der Waals surface area contributed by atoms with Crippen LogP contribution in [0.4, 0.5) is 0 Å². The van der Waals surface area contributed by atoms with Gasteiger partial charge in [-0.25, -0.2) is 18.4 Å². The summed E-state index contributed by atoms with van der Waals surface area (Å²) < 4.78 is 46.1. The minimum atomic E-state index is -3.83. The maximum atomic E-state index is 14.8. The molecular formula is C41H56N4O9S. The number of carbonyl (C=O) groups excluding carboxylic acids is 4. The molecule has 3 aliphatic carbocycles. The molecule has 0 spiro atoms. The zero-order chi connectivity index (χ0) is 39.4. The zero-order valence-corrected chi connectivity index (χ0v) is 33.8. The third-order valence-electron chi connectivity index (χ3n) is 12.8. The van der Waals surface area contributed by atoms with E-state index in [1.165, 1.54) is 4.90 Å². The van der Waals surface area contributed by atoms with Gasteiger partial charge in [-0.15, -0.1) is 0 Å². The first kappa shape index (κ1) is 39.4. The van der Waals surface area contributed by atoms with E-state index in [-0.39, 0.29) is 43.1 Å². The number of sulfonamides is 1. The Bertz CT molecular complexity index is 1960. The number of ether oxygens (including phenoxy) is 3. The van der Waals surface area contributed by atoms with Crippen molar-refractivity contribution in [1.82, 2.24) is 19.6 Å². The van der Waals surface area contributed by atoms with E-state index >= 15 is 0 Å². The minimum Gasteiger partial charge on any atom is -0.497 e. The fourth-order valence-electron chi connectivity index (χ4n) is 8.87. The van der Waals surface area contributed by atoms with Crippen LogP contribution in [0.5, 0.6) is 11.6 Å². The summed E-state index contributed by atoms with van der Waals surface area (Å²) in [4.78, 5) is 68.1. The monoisotopic (exact) mass is 780 g/mol. The second-order valence-electron chi connectivity index (χ2n) is 17.8. The number of hydrogen-bond donors (Lipinski definition) is 1. The predicted octanol–water partition coefficient (Wildman–Crippen LogP) is 5.32. The van der Waals surface area contributed by atoms with Crippen LogP contribution < -0.4 is 14.2 Å². The molecule has 1 aromatic heterocycles. The van der Waals surface area contributed by atoms with Crippen LogP contribution in [0.25, 0.3) is 11.0 Å². The molecule has 55 heavy (non-hydrogen) atoms. The van der Waals surface area contributed by atoms with Crippen molar-refractivity contribution < 1.29 is 41.8 Å². The van der Waals surface area contributed by atoms with Crippen LogP contribution in [0, 0.1) is 34.5 Å². The lowest BCUT2D eigenvalue weighted by Gasteiger charge is -2.35. The Morgan fingerprint density at radius 2 is 1.80 bits per heavy atom. The van der Waals surface area contributed by atoms with Gasteiger partial charge < -0.3 is 19.1 Å². The van der Waals surface area contributed by atoms with Gasteiger partial charge in [0.25, 0.3) is 0 Å². The Kier molecular flexibility index (Phi) is 10.7. The van der Waals surface area contributed by atoms with E-state index in [0.29, 0.717) is 66.4 Å². The molecule has 1 saturated heterocycles. The van der Waals surface area contributed by atoms with Crippen molar-refractivity contribution in [2.45, 2.75) is 135 Å². The third-order valence-corrected chi connectivity index (χ3v) is 14.6. The molecule has 1 aromatic carbocycles. The van der Waals surface area contributed by atoms with Crippen LogP contribution >= 0.6 is 0 Å². The highest BCUT2D eigenvalue weighted by Crippen LogP contribution is 2.58. The third kappa shape index (κ3) is 8.20. The maximum absolute atomic E-state index is 14.8. The first-order valence-corrected chi connectivity index (χ1v) is 21.7. The van der Waals surface area contributed by atoms with Crippen molar-refractivity contribution in [3.63, 3.8) is 0 Å². The van der Waals surface area contributed by atoms with Crippen LogP contribution in [0.2, 0.25) is 0 Å². The molecule has 2 bridgehead atoms. The molecule has 300 valence electrons. The number of aryl methyl sites for hydroxylation is 1. The highest BCUT2D eigenvalue weighted by Gasteiger charge is 2.62. The van der Waals surface area contributed by atoms with E-state index in [9.17, 15) is 27.6 Å². The lowest BCUT2D eigenvalue weighted by molar-refractivity contribution is -0.154. The summed E-state index contributed by atoms with van der Waals surface area (Å²) in [5, 5.41) is -0.585. The number of carbonyl (C=O) groups is 4. The van der Waals surface area contributed by atoms with Gasteiger partial charge in [0, 0.05) is 18.4 Å². The molecule has 14 heteroatoms. The fraction of sp³-hybridized carbons (Fsp3) is 0.707. The normalized spacial score (nSPS) is 31.6. The smallest absolute Gasteiger partial charge is 0.306 e. The SMILES string of the molecule is CC[C@@H]1C[C@]1(CC(=O)[C@@H]1[C@H](C)[C@@H]2CN1C(=O)[C@H](C(C)(C)C)CC(=O)O[C@@H]1C[C@H]1CCCCCc1nc3ccc(OC)cc3nc1O2)C(=O)NS(=O)(=O)C1CC1. The number of amides is 2. The summed E-state index contributed by atoms with van der Waals surface area (Å²) in [6, 6.07) is 4.51. The number of hydrogen-bond acceptors (Lipinski definition) is 11. The van der Waals surface area contributed by atoms with E-state index in [4.69, 9.17) is 24.2 Å². The van der Waals surface area contributed by atoms with Crippen LogP contribution in [0.15, 0.2) is 18.2 Å². The first-order valence-electron chi connectivity index (χ1n) is 20.1. The lowest BCUT2D eigenvalue weighted by atomic mass is 9.77. The molecule has 13 nitrogen and oxygen atoms in total. The summed E-state index contributed by atoms with van der Waals surface area (Å²) in [6.45, 7) is 9.54. The number of nitrogens with zero attached hydrogens (tertiary/aromatic N) is 3. The summed E-state index contributed by atoms with van der Waals surface area (Å²) >= 11 is 0. The molecule has 2 aromatic rings. The van der Waals surface area contributed by atoms with Crippen molar-refractivity contribution in [1.29, 1.82) is 0 Å². The van der Waals surface area contributed by atoms with Gasteiger partial charge in [0.05, 0.1) is 53.7 Å². The first-order chi connectivity index (χ1) is 26.0. The molecule has 3 saturated carbocycles. The Morgan fingerprint density at radius 3 is 2.47 bits per heavy atom. The molecule has 0 unspecified atom stereocenters. The van der Waals surface area contributed by atoms with E-state index in [1.807, 2.05) is 46.8 Å². The Morgan fingerprint density at radius 1 is 1.04 bits per heavy atom. The average molecular weight is 781 g/mol. The number of methoxy groups -OCH3 is 1. The van der Waals surface area contributed by atoms with Crippen molar-refractivity contribution in [2.24, 2.45) is 34.5 Å². The Labute approximate surface area is 324 Å². The van der Waals surface area contributed by atoms with Crippen molar-refractivity contribution >= 4 is 44.6 Å². The number of ketones is 1. The van der Waals surface area contributed by atoms with E-state index in [0.717, 1.165) is 32.1 Å². The van der Waals surface area contributed by atoms with Crippen molar-refractivity contribution in [2.75, 3.05) is 13.7 Å². The summed E-state index contributed by atoms with van der Waals surface area (Å²) in [7, 11) is -2.24. The molecule has 7 rings (SSSR count). The molecule has 1 N–H and O–H groups in total. The maximum Gasteiger partial charge on any atom is 0.306 e. The van der Waals surface area contributed by atoms with Crippen LogP contribution in [0.1, 0.15) is 111 Å². The minimum absolute atomic E-state index is 0.0481. The summed E-state index contributed by atoms with van der Waals surface area (Å²) in [5.41, 5.74) is 0.143. The molecule has 4 fully saturated rings. The van der Waals surface area contributed by atoms with Crippen molar-refractivity contribution in [3.05, 3.63) is 23.9 Å². The number of rotatable bonds is 8. The second kappa shape index (κ2) is 14.9. The second-order valence-corrected chi connectivity index (χ2v) is 19.8. The van der Waals surface area contributed by atoms with Crippen LogP contribution in [-0.4, -0.2) is 84.0 Å². The highest BCUT2D eigenvalue weighted by atomic mass is 32.2. The summed E-state index contributed by atoms with van der Waals surface area (Å²) in [6.07, 6.45) is 6.01. The van der Waals surface area contributed by atoms with Crippen LogP contribution in [0.3, 0.4) is 0 Å². The molecule has 8 atom stereocenters. The number of nitrogens with one attached hydrogen (secondary N) is 1. The quantitative estimate of drug-likeness (QED) is 0.344. The zero-order valence-electron chi connectivity index (χ0n) is 33.0. The van der Waals surface area contributed by atoms with Gasteiger partial charge in [-0.1, -0.05) is 53.9 Å². The standard InChI is InChI=1S/C41H56N4O9S/c1-7-25-20-41(25,39(49)44-55(50,51)27-14-15-27)21-32(46)36-23(2)34-22-45(36)38(48)28(40(3,4)5)19-35(47)53-33-17-24(33)11-9-8-10-12-30-37(54-34)43-31-18-26(52-6)13-16-29(31)42-30/h13,16,18,23-25,27-28,33-34,36H,7-12,14-15,17,19-22H2,1-6H3,(H,44,49)/t23-,24-,25-,28-,33-,34+,36+,41-/m1/s1. The van der Waals surface area contributed by atoms with Gasteiger partial charge in [0.1, 0.15) is 23.7 Å². The van der Waals surface area contributed by atoms with Gasteiger partial charge in [0.15, 0.2) is 5.78 Å². The highest BCUT2D eigenvalue weighted by molar-refractivity contribution is 7.90. The Hall–Kier alpha value is -3.81. The summed E-state index contributed by atoms with van der Waals surface area (Å²) in [5.74, 6) is -2.00. The molecule has 2 amide bonds. The van der Waals surface area contributed by atoms with Gasteiger partial charge in [0.2, 0.25) is 27.7 Å². The van der Waals surface area contributed by atoms with E-state index in [2.05, 4.69) is 4.72 Å². The lowest BCUT2D eigenvalue weighted by Crippen LogP contribution is -2.50. The van der Waals surface area contributed by atoms with Gasteiger partial charge in [-0.05, 0) is 74.3 Å². The molecule has 0 radical (unpaired) electrons. The molecule has 3 heterocycles. The van der Waals surface area contributed by atoms with Crippen molar-refractivity contribution in [3.8, 4) is 11.6 Å². The van der Waals surface area contributed by atoms with Gasteiger partial charge >= 0.3 is 5.97 Å². The fourth-order valence-corrected chi connectivity index (χ4v) is 10.3. The average Bonchev–Trinajstić information content (AvgIpc) is 4.04. The number of Topliss-reactive ketones (excluding diaryl/α,β-unsaturated/α-hetero) is 1. The largest absolute Gasteiger partial charge is 0.497 e. The Balaban J connectivity index is 1.24. The number of benzene rings is 1. The van der Waals surface area contributed by atoms with Gasteiger partial charge in [-0.3, -0.25) is 23.9 Å². The van der Waals surface area contributed by atoms with E-state index < -0.39 is 62.0 Å². The van der Waals surface area contributed by atoms with Crippen LogP contribution in [-0.2, 0) is 40.4 Å². The number of aromatic nitrogens is 2. The van der Waals surface area contributed by atoms with Gasteiger partial charge in [-0.2, -0.15) is 0 Å².